The highest BCUT2D eigenvalue weighted by molar-refractivity contribution is 5.74. The molecule has 3 aromatic rings. The first-order chi connectivity index (χ1) is 19.1. The zero-order valence-corrected chi connectivity index (χ0v) is 23.5. The van der Waals surface area contributed by atoms with Gasteiger partial charge in [-0.15, -0.1) is 0 Å². The van der Waals surface area contributed by atoms with Gasteiger partial charge in [0.05, 0.1) is 35.2 Å². The third kappa shape index (κ3) is 6.35. The number of ether oxygens (including phenoxy) is 3. The third-order valence-corrected chi connectivity index (χ3v) is 7.18. The van der Waals surface area contributed by atoms with Crippen molar-refractivity contribution in [3.05, 3.63) is 58.0 Å². The number of fused-ring (bicyclic) bond motifs is 2. The molecule has 0 aromatic carbocycles. The second-order valence-electron chi connectivity index (χ2n) is 11.3. The summed E-state index contributed by atoms with van der Waals surface area (Å²) in [5, 5.41) is 0. The summed E-state index contributed by atoms with van der Waals surface area (Å²) in [4.78, 5) is 38.7. The molecule has 1 amide bonds. The predicted molar refractivity (Wildman–Crippen MR) is 147 cm³/mol. The van der Waals surface area contributed by atoms with Crippen LogP contribution in [0.3, 0.4) is 0 Å². The van der Waals surface area contributed by atoms with Gasteiger partial charge in [0.2, 0.25) is 0 Å². The van der Waals surface area contributed by atoms with Crippen molar-refractivity contribution < 1.29 is 23.4 Å². The van der Waals surface area contributed by atoms with E-state index < -0.39 is 11.4 Å². The molecule has 0 aliphatic carbocycles. The third-order valence-electron chi connectivity index (χ3n) is 7.18. The zero-order valence-electron chi connectivity index (χ0n) is 23.5. The average Bonchev–Trinajstić information content (AvgIpc) is 2.91. The van der Waals surface area contributed by atoms with Gasteiger partial charge >= 0.3 is 6.09 Å². The highest BCUT2D eigenvalue weighted by Gasteiger charge is 2.32. The number of rotatable bonds is 6. The van der Waals surface area contributed by atoms with E-state index in [2.05, 4.69) is 14.9 Å². The van der Waals surface area contributed by atoms with E-state index in [0.717, 1.165) is 25.9 Å². The Labute approximate surface area is 232 Å². The molecule has 0 N–H and O–H groups in total. The smallest absolute Gasteiger partial charge is 0.410 e. The van der Waals surface area contributed by atoms with Crippen molar-refractivity contribution in [1.82, 2.24) is 24.3 Å². The van der Waals surface area contributed by atoms with E-state index >= 15 is 0 Å². The number of carbonyl (C=O) groups excluding carboxylic acids is 1. The van der Waals surface area contributed by atoms with Crippen LogP contribution in [-0.2, 0) is 17.8 Å². The van der Waals surface area contributed by atoms with Crippen LogP contribution in [0.1, 0.15) is 45.0 Å². The van der Waals surface area contributed by atoms with E-state index in [9.17, 15) is 14.0 Å². The largest absolute Gasteiger partial charge is 0.486 e. The fourth-order valence-corrected chi connectivity index (χ4v) is 5.13. The van der Waals surface area contributed by atoms with Crippen molar-refractivity contribution in [2.75, 3.05) is 32.8 Å². The average molecular weight is 554 g/mol. The van der Waals surface area contributed by atoms with Crippen LogP contribution < -0.4 is 15.0 Å². The normalized spacial score (nSPS) is 16.2. The maximum atomic E-state index is 14.2. The Morgan fingerprint density at radius 3 is 2.58 bits per heavy atom. The lowest BCUT2D eigenvalue weighted by molar-refractivity contribution is 0.00529. The van der Waals surface area contributed by atoms with Crippen LogP contribution in [0, 0.1) is 12.7 Å². The first-order valence-electron chi connectivity index (χ1n) is 13.7. The van der Waals surface area contributed by atoms with Crippen LogP contribution in [0.2, 0.25) is 0 Å². The molecule has 0 atom stereocenters. The quantitative estimate of drug-likeness (QED) is 0.453. The van der Waals surface area contributed by atoms with Crippen molar-refractivity contribution in [1.29, 1.82) is 0 Å². The second kappa shape index (κ2) is 11.4. The Hall–Kier alpha value is -3.73. The molecule has 10 nitrogen and oxygen atoms in total. The van der Waals surface area contributed by atoms with E-state index in [1.54, 1.807) is 28.7 Å². The standard InChI is InChI=1S/C29H36FN5O5/c1-19-22(30)16-24-23(32-19)5-6-27(36)34(24)12-11-33-9-7-21(8-10-33)35(28(37)40-29(2,3)4)18-20-15-25-26(17-31-20)39-14-13-38-25/h5-6,15-17,21H,7-14,18H2,1-4H3. The number of likely N-dealkylation sites (tertiary alicyclic amines) is 1. The lowest BCUT2D eigenvalue weighted by atomic mass is 10.0. The molecule has 2 aliphatic rings. The van der Waals surface area contributed by atoms with Crippen molar-refractivity contribution in [2.24, 2.45) is 0 Å². The van der Waals surface area contributed by atoms with Crippen molar-refractivity contribution in [3.63, 3.8) is 0 Å². The first-order valence-corrected chi connectivity index (χ1v) is 13.7. The summed E-state index contributed by atoms with van der Waals surface area (Å²) in [7, 11) is 0. The minimum Gasteiger partial charge on any atom is -0.486 e. The highest BCUT2D eigenvalue weighted by Crippen LogP contribution is 2.30. The minimum absolute atomic E-state index is 0.0392. The summed E-state index contributed by atoms with van der Waals surface area (Å²) in [5.74, 6) is 0.803. The van der Waals surface area contributed by atoms with Crippen molar-refractivity contribution in [2.45, 2.75) is 65.3 Å². The van der Waals surface area contributed by atoms with Crippen LogP contribution in [0.5, 0.6) is 11.5 Å². The van der Waals surface area contributed by atoms with Gasteiger partial charge < -0.3 is 23.7 Å². The maximum Gasteiger partial charge on any atom is 0.410 e. The van der Waals surface area contributed by atoms with Gasteiger partial charge in [-0.2, -0.15) is 0 Å². The SMILES string of the molecule is Cc1nc2ccc(=O)n(CCN3CCC(N(Cc4cc5c(cn4)OCCO5)C(=O)OC(C)(C)C)CC3)c2cc1F. The molecule has 0 radical (unpaired) electrons. The number of amides is 1. The number of halogens is 1. The molecule has 5 rings (SSSR count). The van der Waals surface area contributed by atoms with Crippen LogP contribution >= 0.6 is 0 Å². The van der Waals surface area contributed by atoms with Gasteiger partial charge in [0, 0.05) is 50.4 Å². The van der Waals surface area contributed by atoms with Crippen LogP contribution in [-0.4, -0.2) is 74.9 Å². The molecule has 0 unspecified atom stereocenters. The van der Waals surface area contributed by atoms with Gasteiger partial charge in [-0.25, -0.2) is 14.2 Å². The van der Waals surface area contributed by atoms with Crippen LogP contribution in [0.15, 0.2) is 35.3 Å². The predicted octanol–water partition coefficient (Wildman–Crippen LogP) is 3.91. The summed E-state index contributed by atoms with van der Waals surface area (Å²) >= 11 is 0. The zero-order chi connectivity index (χ0) is 28.4. The number of pyridine rings is 3. The molecular formula is C29H36FN5O5. The second-order valence-corrected chi connectivity index (χ2v) is 11.3. The summed E-state index contributed by atoms with van der Waals surface area (Å²) in [6.45, 7) is 10.9. The molecule has 40 heavy (non-hydrogen) atoms. The summed E-state index contributed by atoms with van der Waals surface area (Å²) in [5.41, 5.74) is 1.28. The van der Waals surface area contributed by atoms with E-state index in [1.807, 2.05) is 26.8 Å². The molecule has 3 aromatic heterocycles. The van der Waals surface area contributed by atoms with Crippen LogP contribution in [0.4, 0.5) is 9.18 Å². The summed E-state index contributed by atoms with van der Waals surface area (Å²) < 4.78 is 32.9. The van der Waals surface area contributed by atoms with Crippen molar-refractivity contribution >= 4 is 17.1 Å². The molecule has 11 heteroatoms. The molecular weight excluding hydrogens is 517 g/mol. The fourth-order valence-electron chi connectivity index (χ4n) is 5.13. The van der Waals surface area contributed by atoms with Gasteiger partial charge in [-0.1, -0.05) is 0 Å². The summed E-state index contributed by atoms with van der Waals surface area (Å²) in [6, 6.07) is 6.28. The Morgan fingerprint density at radius 1 is 1.12 bits per heavy atom. The minimum atomic E-state index is -0.630. The lowest BCUT2D eigenvalue weighted by Crippen LogP contribution is -2.49. The maximum absolute atomic E-state index is 14.2. The first kappa shape index (κ1) is 27.8. The number of aryl methyl sites for hydroxylation is 1. The Bertz CT molecular complexity index is 1450. The molecule has 2 aliphatic heterocycles. The lowest BCUT2D eigenvalue weighted by Gasteiger charge is -2.39. The Kier molecular flexibility index (Phi) is 7.93. The number of nitrogens with zero attached hydrogens (tertiary/aromatic N) is 5. The van der Waals surface area contributed by atoms with E-state index in [0.29, 0.717) is 66.8 Å². The van der Waals surface area contributed by atoms with Gasteiger partial charge in [-0.3, -0.25) is 14.7 Å². The number of carbonyl (C=O) groups is 1. The van der Waals surface area contributed by atoms with Gasteiger partial charge in [0.1, 0.15) is 24.6 Å². The van der Waals surface area contributed by atoms with E-state index in [-0.39, 0.29) is 17.7 Å². The number of hydrogen-bond acceptors (Lipinski definition) is 8. The molecule has 1 saturated heterocycles. The molecule has 0 saturated carbocycles. The number of hydrogen-bond donors (Lipinski definition) is 0. The molecule has 1 fully saturated rings. The fraction of sp³-hybridized carbons (Fsp3) is 0.517. The van der Waals surface area contributed by atoms with Gasteiger partial charge in [0.25, 0.3) is 5.56 Å². The van der Waals surface area contributed by atoms with Crippen LogP contribution in [0.25, 0.3) is 11.0 Å². The summed E-state index contributed by atoms with van der Waals surface area (Å²) in [6.07, 6.45) is 2.74. The van der Waals surface area contributed by atoms with Gasteiger partial charge in [-0.05, 0) is 46.6 Å². The number of aromatic nitrogens is 3. The highest BCUT2D eigenvalue weighted by atomic mass is 19.1. The molecule has 5 heterocycles. The monoisotopic (exact) mass is 553 g/mol. The Morgan fingerprint density at radius 2 is 1.85 bits per heavy atom. The number of piperidine rings is 1. The molecule has 0 spiro atoms. The van der Waals surface area contributed by atoms with E-state index in [1.165, 1.54) is 12.1 Å². The van der Waals surface area contributed by atoms with E-state index in [4.69, 9.17) is 14.2 Å². The van der Waals surface area contributed by atoms with Crippen molar-refractivity contribution in [3.8, 4) is 11.5 Å². The topological polar surface area (TPSA) is 99.0 Å². The van der Waals surface area contributed by atoms with Gasteiger partial charge in [0.15, 0.2) is 11.5 Å². The Balaban J connectivity index is 1.26. The molecule has 0 bridgehead atoms. The molecule has 214 valence electrons.